The molecule has 0 radical (unpaired) electrons. The van der Waals surface area contributed by atoms with Crippen molar-refractivity contribution >= 4 is 29.5 Å². The number of carbonyl (C=O) groups excluding carboxylic acids is 1. The van der Waals surface area contributed by atoms with E-state index in [0.717, 1.165) is 5.56 Å². The summed E-state index contributed by atoms with van der Waals surface area (Å²) in [6, 6.07) is 21.1. The first-order valence-electron chi connectivity index (χ1n) is 10.6. The average molecular weight is 493 g/mol. The second-order valence-corrected chi connectivity index (χ2v) is 8.01. The van der Waals surface area contributed by atoms with Crippen LogP contribution in [0, 0.1) is 6.92 Å². The summed E-state index contributed by atoms with van der Waals surface area (Å²) in [6.07, 6.45) is -2.64. The fraction of sp³-hybridized carbons (Fsp3) is 0.115. The molecular formula is C26H21ClN2O6. The van der Waals surface area contributed by atoms with E-state index in [4.69, 9.17) is 30.7 Å². The highest BCUT2D eigenvalue weighted by Gasteiger charge is 2.21. The van der Waals surface area contributed by atoms with Crippen molar-refractivity contribution in [3.05, 3.63) is 89.1 Å². The van der Waals surface area contributed by atoms with Gasteiger partial charge in [0.25, 0.3) is 0 Å². The Hall–Kier alpha value is -4.30. The van der Waals surface area contributed by atoms with Crippen molar-refractivity contribution in [3.8, 4) is 28.2 Å². The van der Waals surface area contributed by atoms with Gasteiger partial charge in [-0.1, -0.05) is 77.4 Å². The van der Waals surface area contributed by atoms with Crippen LogP contribution in [-0.2, 0) is 4.74 Å². The molecule has 9 heteroatoms. The number of benzene rings is 3. The molecule has 8 nitrogen and oxygen atoms in total. The van der Waals surface area contributed by atoms with E-state index in [1.807, 2.05) is 6.07 Å². The number of ether oxygens (including phenoxy) is 2. The molecular weight excluding hydrogens is 472 g/mol. The van der Waals surface area contributed by atoms with Crippen LogP contribution in [0.3, 0.4) is 0 Å². The molecule has 0 bridgehead atoms. The molecule has 0 aliphatic carbocycles. The van der Waals surface area contributed by atoms with Gasteiger partial charge in [0.15, 0.2) is 5.76 Å². The highest BCUT2D eigenvalue weighted by molar-refractivity contribution is 6.31. The third-order valence-electron chi connectivity index (χ3n) is 5.26. The number of anilines is 1. The van der Waals surface area contributed by atoms with Crippen molar-refractivity contribution in [1.82, 2.24) is 5.16 Å². The first-order chi connectivity index (χ1) is 16.8. The van der Waals surface area contributed by atoms with Crippen LogP contribution in [0.2, 0.25) is 5.02 Å². The fourth-order valence-electron chi connectivity index (χ4n) is 3.56. The number of hydrogen-bond acceptors (Lipinski definition) is 6. The second-order valence-electron chi connectivity index (χ2n) is 7.61. The standard InChI is InChI=1S/C26H21ClN2O6/c1-15-23(28-25(30)33-16(2)19-7-3-5-9-21(19)27)24(35-29-15)18-13-11-17(12-14-18)20-8-4-6-10-22(20)34-26(31)32/h3-14,16H,1-2H3,(H,28,30)(H,31,32). The third kappa shape index (κ3) is 5.44. The molecule has 1 heterocycles. The van der Waals surface area contributed by atoms with Gasteiger partial charge in [-0.2, -0.15) is 0 Å². The molecule has 1 aromatic heterocycles. The Morgan fingerprint density at radius 3 is 2.37 bits per heavy atom. The van der Waals surface area contributed by atoms with Crippen LogP contribution in [-0.4, -0.2) is 22.5 Å². The fourth-order valence-corrected chi connectivity index (χ4v) is 3.85. The maximum atomic E-state index is 12.6. The van der Waals surface area contributed by atoms with E-state index in [9.17, 15) is 9.59 Å². The molecule has 0 saturated carbocycles. The van der Waals surface area contributed by atoms with Crippen molar-refractivity contribution in [2.45, 2.75) is 20.0 Å². The van der Waals surface area contributed by atoms with Gasteiger partial charge in [-0.15, -0.1) is 0 Å². The van der Waals surface area contributed by atoms with E-state index in [1.165, 1.54) is 0 Å². The van der Waals surface area contributed by atoms with Crippen LogP contribution in [0.4, 0.5) is 15.3 Å². The maximum Gasteiger partial charge on any atom is 0.511 e. The van der Waals surface area contributed by atoms with Crippen LogP contribution in [0.15, 0.2) is 77.3 Å². The Bertz CT molecular complexity index is 1370. The molecule has 0 saturated heterocycles. The van der Waals surface area contributed by atoms with Crippen LogP contribution in [0.5, 0.6) is 5.75 Å². The van der Waals surface area contributed by atoms with Crippen molar-refractivity contribution in [2.24, 2.45) is 0 Å². The Balaban J connectivity index is 1.53. The normalized spacial score (nSPS) is 11.5. The summed E-state index contributed by atoms with van der Waals surface area (Å²) in [6.45, 7) is 3.43. The number of hydrogen-bond donors (Lipinski definition) is 2. The van der Waals surface area contributed by atoms with Gasteiger partial charge in [-0.05, 0) is 31.5 Å². The second kappa shape index (κ2) is 10.3. The summed E-state index contributed by atoms with van der Waals surface area (Å²) < 4.78 is 15.8. The summed E-state index contributed by atoms with van der Waals surface area (Å²) in [7, 11) is 0. The van der Waals surface area contributed by atoms with Gasteiger partial charge < -0.3 is 19.1 Å². The summed E-state index contributed by atoms with van der Waals surface area (Å²) in [5.41, 5.74) is 3.56. The number of rotatable bonds is 6. The van der Waals surface area contributed by atoms with Crippen LogP contribution < -0.4 is 10.1 Å². The number of para-hydroxylation sites is 1. The van der Waals surface area contributed by atoms with E-state index in [1.54, 1.807) is 80.6 Å². The summed E-state index contributed by atoms with van der Waals surface area (Å²) in [5, 5.41) is 16.2. The number of aromatic nitrogens is 1. The smallest absolute Gasteiger partial charge is 0.449 e. The predicted octanol–water partition coefficient (Wildman–Crippen LogP) is 7.34. The lowest BCUT2D eigenvalue weighted by atomic mass is 10.0. The van der Waals surface area contributed by atoms with E-state index in [0.29, 0.717) is 38.9 Å². The number of nitrogens with one attached hydrogen (secondary N) is 1. The first-order valence-corrected chi connectivity index (χ1v) is 11.0. The number of nitrogens with zero attached hydrogens (tertiary/aromatic N) is 1. The Labute approximate surface area is 206 Å². The van der Waals surface area contributed by atoms with Crippen LogP contribution in [0.25, 0.3) is 22.5 Å². The number of carbonyl (C=O) groups is 2. The lowest BCUT2D eigenvalue weighted by Gasteiger charge is -2.15. The van der Waals surface area contributed by atoms with Crippen molar-refractivity contribution in [1.29, 1.82) is 0 Å². The summed E-state index contributed by atoms with van der Waals surface area (Å²) >= 11 is 6.19. The monoisotopic (exact) mass is 492 g/mol. The van der Waals surface area contributed by atoms with Gasteiger partial charge in [-0.25, -0.2) is 9.59 Å². The molecule has 35 heavy (non-hydrogen) atoms. The van der Waals surface area contributed by atoms with E-state index in [2.05, 4.69) is 10.5 Å². The highest BCUT2D eigenvalue weighted by atomic mass is 35.5. The molecule has 4 aromatic rings. The van der Waals surface area contributed by atoms with Gasteiger partial charge in [0, 0.05) is 21.7 Å². The Kier molecular flexibility index (Phi) is 7.03. The molecule has 0 spiro atoms. The minimum atomic E-state index is -1.39. The Morgan fingerprint density at radius 2 is 1.66 bits per heavy atom. The SMILES string of the molecule is Cc1noc(-c2ccc(-c3ccccc3OC(=O)O)cc2)c1NC(=O)OC(C)c1ccccc1Cl. The molecule has 2 N–H and O–H groups in total. The van der Waals surface area contributed by atoms with E-state index >= 15 is 0 Å². The number of carboxylic acid groups (broad SMARTS) is 1. The maximum absolute atomic E-state index is 12.6. The largest absolute Gasteiger partial charge is 0.511 e. The van der Waals surface area contributed by atoms with Gasteiger partial charge in [0.1, 0.15) is 23.2 Å². The molecule has 0 fully saturated rings. The van der Waals surface area contributed by atoms with Crippen LogP contribution in [0.1, 0.15) is 24.3 Å². The molecule has 4 rings (SSSR count). The Morgan fingerprint density at radius 1 is 1.00 bits per heavy atom. The number of amides is 1. The zero-order chi connectivity index (χ0) is 24.9. The highest BCUT2D eigenvalue weighted by Crippen LogP contribution is 2.35. The average Bonchev–Trinajstić information content (AvgIpc) is 3.19. The minimum Gasteiger partial charge on any atom is -0.449 e. The zero-order valence-electron chi connectivity index (χ0n) is 18.8. The predicted molar refractivity (Wildman–Crippen MR) is 131 cm³/mol. The van der Waals surface area contributed by atoms with Crippen molar-refractivity contribution in [3.63, 3.8) is 0 Å². The molecule has 0 aliphatic rings. The van der Waals surface area contributed by atoms with Gasteiger partial charge in [0.05, 0.1) is 0 Å². The zero-order valence-corrected chi connectivity index (χ0v) is 19.6. The lowest BCUT2D eigenvalue weighted by molar-refractivity contribution is 0.121. The minimum absolute atomic E-state index is 0.223. The quantitative estimate of drug-likeness (QED) is 0.214. The molecule has 1 amide bonds. The third-order valence-corrected chi connectivity index (χ3v) is 5.60. The topological polar surface area (TPSA) is 111 Å². The number of aryl methyl sites for hydroxylation is 1. The molecule has 1 unspecified atom stereocenters. The summed E-state index contributed by atoms with van der Waals surface area (Å²) in [4.78, 5) is 23.6. The van der Waals surface area contributed by atoms with Gasteiger partial charge in [-0.3, -0.25) is 5.32 Å². The van der Waals surface area contributed by atoms with E-state index in [-0.39, 0.29) is 5.75 Å². The van der Waals surface area contributed by atoms with Crippen molar-refractivity contribution in [2.75, 3.05) is 5.32 Å². The van der Waals surface area contributed by atoms with Gasteiger partial charge in [0.2, 0.25) is 0 Å². The van der Waals surface area contributed by atoms with Crippen LogP contribution >= 0.6 is 11.6 Å². The first kappa shape index (κ1) is 23.8. The van der Waals surface area contributed by atoms with Gasteiger partial charge >= 0.3 is 12.2 Å². The lowest BCUT2D eigenvalue weighted by Crippen LogP contribution is -2.17. The summed E-state index contributed by atoms with van der Waals surface area (Å²) in [5.74, 6) is 0.576. The molecule has 178 valence electrons. The molecule has 1 atom stereocenters. The van der Waals surface area contributed by atoms with E-state index < -0.39 is 18.4 Å². The number of halogens is 1. The van der Waals surface area contributed by atoms with Crippen molar-refractivity contribution < 1.29 is 28.7 Å². The molecule has 0 aliphatic heterocycles. The molecule has 3 aromatic carbocycles.